The number of allylic oxidation sites excluding steroid dienone is 1. The largest absolute Gasteiger partial charge is 0.386 e. The van der Waals surface area contributed by atoms with Gasteiger partial charge in [-0.15, -0.1) is 0 Å². The molecule has 2 rings (SSSR count). The number of ether oxygens (including phenoxy) is 1. The summed E-state index contributed by atoms with van der Waals surface area (Å²) >= 11 is 0. The maximum atomic E-state index is 10.9. The quantitative estimate of drug-likeness (QED) is 0.326. The minimum atomic E-state index is -0.539. The van der Waals surface area contributed by atoms with Crippen molar-refractivity contribution in [3.63, 3.8) is 0 Å². The topological polar surface area (TPSA) is 43.4 Å². The lowest BCUT2D eigenvalue weighted by Crippen LogP contribution is -2.01. The fourth-order valence-corrected chi connectivity index (χ4v) is 1.32. The number of hydrogen-bond donors (Lipinski definition) is 0. The molecule has 1 heterocycles. The van der Waals surface area contributed by atoms with Gasteiger partial charge in [0.2, 0.25) is 0 Å². The molecule has 0 N–H and O–H groups in total. The summed E-state index contributed by atoms with van der Waals surface area (Å²) < 4.78 is 4.37. The van der Waals surface area contributed by atoms with Crippen molar-refractivity contribution in [3.05, 3.63) is 22.5 Å². The summed E-state index contributed by atoms with van der Waals surface area (Å²) in [4.78, 5) is 21.7. The third kappa shape index (κ3) is 0.925. The molecule has 0 aromatic rings. The summed E-state index contributed by atoms with van der Waals surface area (Å²) in [5.41, 5.74) is 1.37. The lowest BCUT2D eigenvalue weighted by molar-refractivity contribution is -0.150. The molecule has 0 saturated heterocycles. The molecule has 0 aromatic heterocycles. The van der Waals surface area contributed by atoms with Crippen molar-refractivity contribution in [1.29, 1.82) is 0 Å². The zero-order valence-electron chi connectivity index (χ0n) is 5.59. The molecule has 0 spiro atoms. The smallest absolute Gasteiger partial charge is 0.347 e. The van der Waals surface area contributed by atoms with Crippen LogP contribution in [0.4, 0.5) is 0 Å². The molecule has 3 nitrogen and oxygen atoms in total. The Morgan fingerprint density at radius 1 is 1.36 bits per heavy atom. The molecule has 0 saturated carbocycles. The van der Waals surface area contributed by atoms with E-state index in [4.69, 9.17) is 0 Å². The van der Waals surface area contributed by atoms with Gasteiger partial charge in [-0.1, -0.05) is 15.3 Å². The highest BCUT2D eigenvalue weighted by atomic mass is 31.0. The zero-order valence-corrected chi connectivity index (χ0v) is 6.74. The first kappa shape index (κ1) is 6.74. The van der Waals surface area contributed by atoms with Crippen LogP contribution in [0, 0.1) is 0 Å². The van der Waals surface area contributed by atoms with Crippen molar-refractivity contribution in [2.45, 2.75) is 6.42 Å². The van der Waals surface area contributed by atoms with Gasteiger partial charge in [-0.3, -0.25) is 0 Å². The van der Waals surface area contributed by atoms with E-state index in [1.165, 1.54) is 0 Å². The van der Waals surface area contributed by atoms with Crippen molar-refractivity contribution < 1.29 is 14.3 Å². The Kier molecular flexibility index (Phi) is 1.24. The van der Waals surface area contributed by atoms with Crippen LogP contribution in [0.2, 0.25) is 0 Å². The normalized spacial score (nSPS) is 22.1. The maximum Gasteiger partial charge on any atom is 0.347 e. The fraction of sp³-hybridized carbons (Fsp3) is 0.143. The Balaban J connectivity index is 2.46. The van der Waals surface area contributed by atoms with Crippen LogP contribution in [0.3, 0.4) is 0 Å². The Hall–Kier alpha value is -0.950. The Morgan fingerprint density at radius 3 is 2.36 bits per heavy atom. The first-order valence-electron chi connectivity index (χ1n) is 3.16. The third-order valence-corrected chi connectivity index (χ3v) is 2.13. The lowest BCUT2D eigenvalue weighted by atomic mass is 10.2. The SMILES string of the molecule is O=C1OC(=O)C(C2=CC2)=C1P. The first-order chi connectivity index (χ1) is 5.20. The number of carbonyl (C=O) groups excluding carboxylic acids is 2. The van der Waals surface area contributed by atoms with Crippen LogP contribution < -0.4 is 0 Å². The second-order valence-electron chi connectivity index (χ2n) is 2.40. The molecule has 1 aliphatic carbocycles. The minimum Gasteiger partial charge on any atom is -0.386 e. The molecule has 0 aromatic carbocycles. The van der Waals surface area contributed by atoms with Crippen LogP contribution in [-0.4, -0.2) is 11.9 Å². The van der Waals surface area contributed by atoms with Crippen molar-refractivity contribution >= 4 is 21.2 Å². The third-order valence-electron chi connectivity index (χ3n) is 1.61. The van der Waals surface area contributed by atoms with Gasteiger partial charge in [0.25, 0.3) is 0 Å². The summed E-state index contributed by atoms with van der Waals surface area (Å²) in [6.45, 7) is 0. The number of hydrogen-bond acceptors (Lipinski definition) is 3. The van der Waals surface area contributed by atoms with E-state index in [-0.39, 0.29) is 0 Å². The van der Waals surface area contributed by atoms with Crippen LogP contribution in [0.25, 0.3) is 0 Å². The van der Waals surface area contributed by atoms with Crippen LogP contribution >= 0.6 is 9.24 Å². The summed E-state index contributed by atoms with van der Waals surface area (Å²) in [5.74, 6) is -1.05. The van der Waals surface area contributed by atoms with E-state index in [0.717, 1.165) is 12.0 Å². The lowest BCUT2D eigenvalue weighted by Gasteiger charge is -1.87. The number of carbonyl (C=O) groups is 2. The van der Waals surface area contributed by atoms with Crippen molar-refractivity contribution in [2.24, 2.45) is 0 Å². The van der Waals surface area contributed by atoms with E-state index in [1.54, 1.807) is 0 Å². The van der Waals surface area contributed by atoms with Gasteiger partial charge >= 0.3 is 11.9 Å². The van der Waals surface area contributed by atoms with Gasteiger partial charge in [-0.05, 0) is 12.0 Å². The standard InChI is InChI=1S/C7H5O3P/c8-6-4(3-1-2-3)5(11)7(9)10-6/h1H,2,11H2. The van der Waals surface area contributed by atoms with Crippen LogP contribution in [0.15, 0.2) is 22.5 Å². The highest BCUT2D eigenvalue weighted by Gasteiger charge is 2.34. The molecule has 0 radical (unpaired) electrons. The highest BCUT2D eigenvalue weighted by Crippen LogP contribution is 2.36. The van der Waals surface area contributed by atoms with Gasteiger partial charge in [-0.25, -0.2) is 9.59 Å². The average Bonchev–Trinajstić information content (AvgIpc) is 2.68. The van der Waals surface area contributed by atoms with E-state index < -0.39 is 11.9 Å². The Bertz CT molecular complexity index is 325. The minimum absolute atomic E-state index is 0.360. The summed E-state index contributed by atoms with van der Waals surface area (Å²) in [5, 5.41) is 0.360. The molecule has 0 fully saturated rings. The van der Waals surface area contributed by atoms with Crippen molar-refractivity contribution in [2.75, 3.05) is 0 Å². The molecule has 1 unspecified atom stereocenters. The molecule has 56 valence electrons. The second kappa shape index (κ2) is 2.02. The molecular weight excluding hydrogens is 163 g/mol. The molecular formula is C7H5O3P. The monoisotopic (exact) mass is 168 g/mol. The van der Waals surface area contributed by atoms with Crippen molar-refractivity contribution in [3.8, 4) is 0 Å². The first-order valence-corrected chi connectivity index (χ1v) is 3.73. The average molecular weight is 168 g/mol. The molecule has 4 heteroatoms. The van der Waals surface area contributed by atoms with Gasteiger partial charge < -0.3 is 4.74 Å². The molecule has 11 heavy (non-hydrogen) atoms. The second-order valence-corrected chi connectivity index (χ2v) is 2.98. The van der Waals surface area contributed by atoms with Gasteiger partial charge in [-0.2, -0.15) is 0 Å². The molecule has 0 amide bonds. The molecule has 1 atom stereocenters. The van der Waals surface area contributed by atoms with E-state index >= 15 is 0 Å². The number of esters is 2. The van der Waals surface area contributed by atoms with Crippen LogP contribution in [0.5, 0.6) is 0 Å². The Labute approximate surface area is 65.3 Å². The van der Waals surface area contributed by atoms with Crippen molar-refractivity contribution in [1.82, 2.24) is 0 Å². The Morgan fingerprint density at radius 2 is 2.00 bits per heavy atom. The van der Waals surface area contributed by atoms with E-state index in [9.17, 15) is 9.59 Å². The van der Waals surface area contributed by atoms with Crippen LogP contribution in [0.1, 0.15) is 6.42 Å². The molecule has 2 aliphatic rings. The number of cyclic esters (lactones) is 2. The molecule has 0 bridgehead atoms. The van der Waals surface area contributed by atoms with Gasteiger partial charge in [0, 0.05) is 0 Å². The van der Waals surface area contributed by atoms with E-state index in [0.29, 0.717) is 10.9 Å². The van der Waals surface area contributed by atoms with Gasteiger partial charge in [0.1, 0.15) is 0 Å². The van der Waals surface area contributed by atoms with Crippen LogP contribution in [-0.2, 0) is 14.3 Å². The van der Waals surface area contributed by atoms with Gasteiger partial charge in [0.15, 0.2) is 0 Å². The predicted molar refractivity (Wildman–Crippen MR) is 40.5 cm³/mol. The fourth-order valence-electron chi connectivity index (χ4n) is 0.961. The summed E-state index contributed by atoms with van der Waals surface area (Å²) in [7, 11) is 2.23. The summed E-state index contributed by atoms with van der Waals surface area (Å²) in [6, 6.07) is 0. The maximum absolute atomic E-state index is 10.9. The zero-order chi connectivity index (χ0) is 8.01. The summed E-state index contributed by atoms with van der Waals surface area (Å²) in [6.07, 6.45) is 2.69. The van der Waals surface area contributed by atoms with E-state index in [2.05, 4.69) is 14.0 Å². The number of rotatable bonds is 1. The van der Waals surface area contributed by atoms with Gasteiger partial charge in [0.05, 0.1) is 10.9 Å². The predicted octanol–water partition coefficient (Wildman–Crippen LogP) is 0.529. The highest BCUT2D eigenvalue weighted by molar-refractivity contribution is 7.25. The van der Waals surface area contributed by atoms with E-state index in [1.807, 2.05) is 6.08 Å². The molecule has 1 aliphatic heterocycles.